The molecule has 0 radical (unpaired) electrons. The molecule has 72 valence electrons. The second-order valence-electron chi connectivity index (χ2n) is 2.61. The van der Waals surface area contributed by atoms with Crippen LogP contribution in [-0.2, 0) is 4.79 Å². The third kappa shape index (κ3) is 3.99. The lowest BCUT2D eigenvalue weighted by Gasteiger charge is -2.10. The van der Waals surface area contributed by atoms with Gasteiger partial charge in [0.15, 0.2) is 0 Å². The number of allylic oxidation sites excluding steroid dienone is 2. The minimum absolute atomic E-state index is 0.0913. The average Bonchev–Trinajstić information content (AvgIpc) is 2.04. The number of hydrogen-bond acceptors (Lipinski definition) is 2. The zero-order chi connectivity index (χ0) is 10.4. The lowest BCUT2D eigenvalue weighted by atomic mass is 10.2. The Labute approximate surface area is 83.8 Å². The lowest BCUT2D eigenvalue weighted by Crippen LogP contribution is -2.20. The molecule has 0 aromatic rings. The third-order valence-corrected chi connectivity index (χ3v) is 2.19. The van der Waals surface area contributed by atoms with Crippen molar-refractivity contribution in [1.29, 1.82) is 0 Å². The molecule has 2 nitrogen and oxygen atoms in total. The van der Waals surface area contributed by atoms with Crippen molar-refractivity contribution < 1.29 is 4.79 Å². The van der Waals surface area contributed by atoms with E-state index in [2.05, 4.69) is 18.5 Å². The van der Waals surface area contributed by atoms with Crippen LogP contribution in [0.2, 0.25) is 0 Å². The molecular weight excluding hydrogens is 182 g/mol. The molecule has 0 rings (SSSR count). The Bertz CT molecular complexity index is 266. The standard InChI is InChI=1S/C10H15NOS/c1-6-9(13-5)10(7(2)3)11-8(4)12/h6H,1-2H2,3-5H3,(H,11,12)/b10-9-. The summed E-state index contributed by atoms with van der Waals surface area (Å²) in [6, 6.07) is 0. The van der Waals surface area contributed by atoms with E-state index in [9.17, 15) is 4.79 Å². The normalized spacial score (nSPS) is 11.6. The van der Waals surface area contributed by atoms with E-state index in [0.717, 1.165) is 16.2 Å². The number of thioether (sulfide) groups is 1. The van der Waals surface area contributed by atoms with Gasteiger partial charge in [-0.1, -0.05) is 19.2 Å². The van der Waals surface area contributed by atoms with Crippen LogP contribution in [0.3, 0.4) is 0 Å². The van der Waals surface area contributed by atoms with Gasteiger partial charge in [-0.05, 0) is 18.8 Å². The van der Waals surface area contributed by atoms with Crippen molar-refractivity contribution in [3.63, 3.8) is 0 Å². The van der Waals surface area contributed by atoms with Crippen LogP contribution in [0, 0.1) is 0 Å². The molecule has 0 aromatic carbocycles. The topological polar surface area (TPSA) is 29.1 Å². The molecule has 0 aliphatic rings. The summed E-state index contributed by atoms with van der Waals surface area (Å²) in [5.74, 6) is -0.0913. The number of rotatable bonds is 4. The third-order valence-electron chi connectivity index (χ3n) is 1.38. The van der Waals surface area contributed by atoms with Crippen LogP contribution in [-0.4, -0.2) is 12.2 Å². The molecular formula is C10H15NOS. The smallest absolute Gasteiger partial charge is 0.221 e. The van der Waals surface area contributed by atoms with Crippen LogP contribution in [0.1, 0.15) is 13.8 Å². The lowest BCUT2D eigenvalue weighted by molar-refractivity contribution is -0.118. The SMILES string of the molecule is C=C/C(SC)=C(/NC(C)=O)C(=C)C. The van der Waals surface area contributed by atoms with Gasteiger partial charge in [0, 0.05) is 11.8 Å². The molecule has 1 N–H and O–H groups in total. The monoisotopic (exact) mass is 197 g/mol. The average molecular weight is 197 g/mol. The van der Waals surface area contributed by atoms with E-state index < -0.39 is 0 Å². The molecule has 1 amide bonds. The second-order valence-corrected chi connectivity index (χ2v) is 3.46. The summed E-state index contributed by atoms with van der Waals surface area (Å²) in [7, 11) is 0. The van der Waals surface area contributed by atoms with Crippen LogP contribution in [0.4, 0.5) is 0 Å². The van der Waals surface area contributed by atoms with Gasteiger partial charge in [-0.3, -0.25) is 4.79 Å². The van der Waals surface area contributed by atoms with E-state index in [4.69, 9.17) is 0 Å². The molecule has 0 fully saturated rings. The summed E-state index contributed by atoms with van der Waals surface area (Å²) in [4.78, 5) is 11.8. The van der Waals surface area contributed by atoms with Crippen molar-refractivity contribution in [3.8, 4) is 0 Å². The Morgan fingerprint density at radius 2 is 2.00 bits per heavy atom. The van der Waals surface area contributed by atoms with Gasteiger partial charge in [0.25, 0.3) is 0 Å². The van der Waals surface area contributed by atoms with Crippen molar-refractivity contribution in [2.75, 3.05) is 6.26 Å². The Morgan fingerprint density at radius 3 is 2.23 bits per heavy atom. The predicted octanol–water partition coefficient (Wildman–Crippen LogP) is 2.46. The van der Waals surface area contributed by atoms with Gasteiger partial charge in [0.05, 0.1) is 5.70 Å². The highest BCUT2D eigenvalue weighted by Crippen LogP contribution is 2.20. The summed E-state index contributed by atoms with van der Waals surface area (Å²) in [6.07, 6.45) is 3.65. The van der Waals surface area contributed by atoms with Crippen LogP contribution >= 0.6 is 11.8 Å². The maximum Gasteiger partial charge on any atom is 0.221 e. The zero-order valence-corrected chi connectivity index (χ0v) is 9.12. The van der Waals surface area contributed by atoms with E-state index in [1.807, 2.05) is 13.2 Å². The summed E-state index contributed by atoms with van der Waals surface area (Å²) >= 11 is 1.53. The van der Waals surface area contributed by atoms with Crippen molar-refractivity contribution in [3.05, 3.63) is 35.4 Å². The molecule has 0 unspecified atom stereocenters. The first-order valence-corrected chi connectivity index (χ1v) is 5.09. The predicted molar refractivity (Wildman–Crippen MR) is 59.4 cm³/mol. The van der Waals surface area contributed by atoms with Gasteiger partial charge in [-0.2, -0.15) is 0 Å². The maximum atomic E-state index is 10.9. The number of carbonyl (C=O) groups excluding carboxylic acids is 1. The summed E-state index contributed by atoms with van der Waals surface area (Å²) in [5.41, 5.74) is 1.59. The van der Waals surface area contributed by atoms with Crippen LogP contribution in [0.15, 0.2) is 35.4 Å². The van der Waals surface area contributed by atoms with E-state index in [1.54, 1.807) is 6.08 Å². The highest BCUT2D eigenvalue weighted by molar-refractivity contribution is 8.02. The van der Waals surface area contributed by atoms with Crippen LogP contribution in [0.5, 0.6) is 0 Å². The summed E-state index contributed by atoms with van der Waals surface area (Å²) in [6.45, 7) is 10.8. The molecule has 13 heavy (non-hydrogen) atoms. The van der Waals surface area contributed by atoms with Gasteiger partial charge in [-0.15, -0.1) is 11.8 Å². The molecule has 0 atom stereocenters. The minimum atomic E-state index is -0.0913. The minimum Gasteiger partial charge on any atom is -0.325 e. The van der Waals surface area contributed by atoms with Crippen LogP contribution in [0.25, 0.3) is 0 Å². The number of carbonyl (C=O) groups is 1. The van der Waals surface area contributed by atoms with Crippen LogP contribution < -0.4 is 5.32 Å². The van der Waals surface area contributed by atoms with Gasteiger partial charge in [0.2, 0.25) is 5.91 Å². The molecule has 0 saturated heterocycles. The fraction of sp³-hybridized carbons (Fsp3) is 0.300. The fourth-order valence-corrected chi connectivity index (χ4v) is 1.44. The van der Waals surface area contributed by atoms with Crippen molar-refractivity contribution in [1.82, 2.24) is 5.32 Å². The molecule has 0 spiro atoms. The molecule has 0 heterocycles. The highest BCUT2D eigenvalue weighted by Gasteiger charge is 2.05. The Hall–Kier alpha value is -0.960. The molecule has 0 saturated carbocycles. The first kappa shape index (κ1) is 12.0. The summed E-state index contributed by atoms with van der Waals surface area (Å²) < 4.78 is 0. The summed E-state index contributed by atoms with van der Waals surface area (Å²) in [5, 5.41) is 2.73. The van der Waals surface area contributed by atoms with E-state index >= 15 is 0 Å². The van der Waals surface area contributed by atoms with Gasteiger partial charge >= 0.3 is 0 Å². The van der Waals surface area contributed by atoms with Crippen molar-refractivity contribution >= 4 is 17.7 Å². The first-order chi connectivity index (χ1) is 6.02. The zero-order valence-electron chi connectivity index (χ0n) is 8.31. The number of nitrogens with one attached hydrogen (secondary N) is 1. The van der Waals surface area contributed by atoms with Gasteiger partial charge in [0.1, 0.15) is 0 Å². The molecule has 0 aliphatic heterocycles. The van der Waals surface area contributed by atoms with E-state index in [1.165, 1.54) is 18.7 Å². The second kappa shape index (κ2) is 5.65. The van der Waals surface area contributed by atoms with Crippen molar-refractivity contribution in [2.45, 2.75) is 13.8 Å². The molecule has 0 aromatic heterocycles. The van der Waals surface area contributed by atoms with Crippen molar-refractivity contribution in [2.24, 2.45) is 0 Å². The fourth-order valence-electron chi connectivity index (χ4n) is 0.842. The first-order valence-electron chi connectivity index (χ1n) is 3.87. The Balaban J connectivity index is 4.96. The quantitative estimate of drug-likeness (QED) is 0.701. The highest BCUT2D eigenvalue weighted by atomic mass is 32.2. The van der Waals surface area contributed by atoms with E-state index in [0.29, 0.717) is 0 Å². The number of amides is 1. The van der Waals surface area contributed by atoms with E-state index in [-0.39, 0.29) is 5.91 Å². The molecule has 0 bridgehead atoms. The Morgan fingerprint density at radius 1 is 1.46 bits per heavy atom. The maximum absolute atomic E-state index is 10.9. The largest absolute Gasteiger partial charge is 0.325 e. The number of hydrogen-bond donors (Lipinski definition) is 1. The molecule has 3 heteroatoms. The van der Waals surface area contributed by atoms with Gasteiger partial charge < -0.3 is 5.32 Å². The molecule has 0 aliphatic carbocycles. The van der Waals surface area contributed by atoms with Gasteiger partial charge in [-0.25, -0.2) is 0 Å². The Kier molecular flexibility index (Phi) is 5.23.